The van der Waals surface area contributed by atoms with Gasteiger partial charge in [0.15, 0.2) is 75.5 Å². The van der Waals surface area contributed by atoms with Crippen LogP contribution in [0.15, 0.2) is 0 Å². The maximum atomic E-state index is 13.8. The first-order chi connectivity index (χ1) is 67.6. The van der Waals surface area contributed by atoms with Gasteiger partial charge in [0.25, 0.3) is 0 Å². The second-order valence-electron chi connectivity index (χ2n) is 36.6. The lowest BCUT2D eigenvalue weighted by Crippen LogP contribution is -2.72. The predicted molar refractivity (Wildman–Crippen MR) is 439 cm³/mol. The number of aliphatic hydroxyl groups excluding tert-OH is 32. The standard InChI is InChI=1S/C80H134N4O59/c1-17-37(96)48(107)54(113)73(124-17)122-15-31-62(46(105)33(69(120)126-31)81-19(3)92)136-71-35(83-21(5)94)47(106)61(28(12-90)132-71)137-79-60(119)67(142-80-68(53(112)43(102)27(11-89)131-80)143-72-36(84-22(6)95)65(140-76-56(115)49(108)38(97)18(2)125-76)63(29(13-91)133-72)139-77-57(116)51(110)41(100)25(9-87)129-77)64(138-70-34(82-20(4)93)45(104)39(98)23(7-85)127-70)32(135-79)16-123-75-59(118)66(141-78-58(117)52(111)42(101)26(10-88)130-78)44(103)30(134-75)14-121-74-55(114)50(109)40(99)24(8-86)128-74/h17-18,23-80,85-91,96-120H,7-16H2,1-6H3,(H,81,92)(H,82,93)(H,83,94)(H,84,95)/t17-,18-,23+,24+,25+,26+,27+,28+,29+,30+,31+,32+,33+,34+,35+,36+,37+,38+,39+,40+,41-,42+,43+,44+,45+,46+,47+,48+,49+,50-,51-,52-,53-,54-,55-,56-,57+,58-,59-,60-,61+,62+,63+,64+,65+,66-,67+,68-,69+,70-,71-,72-,73+,74-,75-,76-,77-,78+,79-,80+/m0/s1. The van der Waals surface area contributed by atoms with Gasteiger partial charge < -0.3 is 294 Å². The summed E-state index contributed by atoms with van der Waals surface area (Å²) in [7, 11) is 0. The average Bonchev–Trinajstić information content (AvgIpc) is 0.757. The van der Waals surface area contributed by atoms with E-state index in [1.165, 1.54) is 13.8 Å². The third-order valence-electron chi connectivity index (χ3n) is 26.6. The quantitative estimate of drug-likeness (QED) is 0.0277. The summed E-state index contributed by atoms with van der Waals surface area (Å²) in [4.78, 5) is 53.4. The fraction of sp³-hybridized carbons (Fsp3) is 0.950. The third kappa shape index (κ3) is 25.9. The number of aliphatic hydroxyl groups is 32. The van der Waals surface area contributed by atoms with Gasteiger partial charge in [-0.1, -0.05) is 0 Å². The van der Waals surface area contributed by atoms with Crippen molar-refractivity contribution in [2.75, 3.05) is 66.1 Å². The first-order valence-corrected chi connectivity index (χ1v) is 45.9. The van der Waals surface area contributed by atoms with Crippen molar-refractivity contribution in [3.63, 3.8) is 0 Å². The van der Waals surface area contributed by atoms with Crippen molar-refractivity contribution in [3.05, 3.63) is 0 Å². The van der Waals surface area contributed by atoms with Crippen LogP contribution in [-0.4, -0.2) is 621 Å². The van der Waals surface area contributed by atoms with E-state index in [0.717, 1.165) is 27.7 Å². The van der Waals surface area contributed by atoms with Gasteiger partial charge >= 0.3 is 0 Å². The molecule has 12 aliphatic rings. The zero-order valence-corrected chi connectivity index (χ0v) is 77.0. The molecule has 143 heavy (non-hydrogen) atoms. The number of hydrogen-bond acceptors (Lipinski definition) is 59. The molecular weight excluding hydrogens is 1960 g/mol. The van der Waals surface area contributed by atoms with Crippen LogP contribution in [0.1, 0.15) is 41.5 Å². The lowest BCUT2D eigenvalue weighted by Gasteiger charge is -2.53. The monoisotopic (exact) mass is 2090 g/mol. The highest BCUT2D eigenvalue weighted by atomic mass is 16.8. The molecule has 12 heterocycles. The number of ether oxygens (including phenoxy) is 23. The van der Waals surface area contributed by atoms with Gasteiger partial charge in [-0.25, -0.2) is 0 Å². The highest BCUT2D eigenvalue weighted by molar-refractivity contribution is 5.74. The van der Waals surface area contributed by atoms with Crippen molar-refractivity contribution in [2.45, 2.75) is 410 Å². The van der Waals surface area contributed by atoms with E-state index in [1.807, 2.05) is 0 Å². The molecule has 4 amide bonds. The summed E-state index contributed by atoms with van der Waals surface area (Å²) in [6.07, 6.45) is -123. The van der Waals surface area contributed by atoms with E-state index in [1.54, 1.807) is 0 Å². The van der Waals surface area contributed by atoms with Crippen LogP contribution in [0, 0.1) is 0 Å². The van der Waals surface area contributed by atoms with Crippen molar-refractivity contribution in [3.8, 4) is 0 Å². The Hall–Kier alpha value is -4.32. The second kappa shape index (κ2) is 51.0. The average molecular weight is 2100 g/mol. The molecule has 0 saturated carbocycles. The van der Waals surface area contributed by atoms with Crippen LogP contribution in [0.5, 0.6) is 0 Å². The molecular formula is C80H134N4O59. The van der Waals surface area contributed by atoms with Crippen molar-refractivity contribution >= 4 is 23.6 Å². The van der Waals surface area contributed by atoms with Gasteiger partial charge in [0, 0.05) is 27.7 Å². The number of hydrogen-bond donors (Lipinski definition) is 36. The van der Waals surface area contributed by atoms with Crippen LogP contribution in [0.4, 0.5) is 0 Å². The summed E-state index contributed by atoms with van der Waals surface area (Å²) < 4.78 is 140. The minimum Gasteiger partial charge on any atom is -0.394 e. The minimum absolute atomic E-state index is 0.858. The summed E-state index contributed by atoms with van der Waals surface area (Å²) in [5.74, 6) is -4.14. The first kappa shape index (κ1) is 117. The fourth-order valence-corrected chi connectivity index (χ4v) is 18.6. The molecule has 0 bridgehead atoms. The zero-order chi connectivity index (χ0) is 105. The number of carbonyl (C=O) groups is 4. The maximum absolute atomic E-state index is 13.8. The number of amides is 4. The Balaban J connectivity index is 0.983. The molecule has 12 aliphatic heterocycles. The molecule has 12 saturated heterocycles. The van der Waals surface area contributed by atoms with Crippen molar-refractivity contribution in [1.29, 1.82) is 0 Å². The van der Waals surface area contributed by atoms with Gasteiger partial charge in [-0.05, 0) is 13.8 Å². The molecule has 0 spiro atoms. The lowest BCUT2D eigenvalue weighted by atomic mass is 9.93. The SMILES string of the molecule is CC(=O)N[C@@H]1[C@@H](O)[C@H](O[C@@H]2O[C@H](CO)[C@@H](O[C@@H]3O[C@H](CO[C@H]4O[C@H](CO[C@H]5O[C@H](CO)[C@@H](O)[C@H](O)[C@@H]5O)[C@@H](O)[C@H](O[C@H]5O[C@H](CO)[C@@H](O)[C@H](O)[C@@H]5O)[C@@H]4O)[C@@H](O[C@@H]4O[C@H](CO)[C@@H](O)[C@H](O)[C@H]4NC(C)=O)[C@H](O[C@H]4O[C@H](CO)[C@@H](O)[C@H](O)[C@@H]4O[C@@H]4O[C@H](CO)[C@@H](O[C@@H]5O[C@H](CO)[C@H](O)[C@H](O)[C@H]5O)[C@H](O[C@@H]5O[C@@H](C)[C@@H](O)[C@@H](O)[C@@H]5O)[C@H]4NC(C)=O)[C@@H]3O)[C@H](O)[C@H]2NC(C)=O)[C@@H](CO[C@@H]2O[C@@H](C)[C@@H](O)[C@@H](O)[C@@H]2O)O[C@H]1O. The summed E-state index contributed by atoms with van der Waals surface area (Å²) in [6.45, 7) is -6.01. The largest absolute Gasteiger partial charge is 0.394 e. The molecule has 0 aromatic carbocycles. The van der Waals surface area contributed by atoms with Crippen LogP contribution in [0.3, 0.4) is 0 Å². The van der Waals surface area contributed by atoms with Gasteiger partial charge in [0.2, 0.25) is 23.6 Å². The van der Waals surface area contributed by atoms with E-state index >= 15 is 0 Å². The maximum Gasteiger partial charge on any atom is 0.217 e. The van der Waals surface area contributed by atoms with E-state index < -0.39 is 458 Å². The van der Waals surface area contributed by atoms with Crippen LogP contribution in [0.25, 0.3) is 0 Å². The molecule has 36 N–H and O–H groups in total. The minimum atomic E-state index is -2.89. The molecule has 828 valence electrons. The predicted octanol–water partition coefficient (Wildman–Crippen LogP) is -24.5. The Morgan fingerprint density at radius 2 is 0.455 bits per heavy atom. The van der Waals surface area contributed by atoms with Gasteiger partial charge in [-0.15, -0.1) is 0 Å². The summed E-state index contributed by atoms with van der Waals surface area (Å²) >= 11 is 0. The number of nitrogens with one attached hydrogen (secondary N) is 4. The number of carbonyl (C=O) groups excluding carboxylic acids is 4. The van der Waals surface area contributed by atoms with Crippen LogP contribution < -0.4 is 21.3 Å². The van der Waals surface area contributed by atoms with Crippen LogP contribution >= 0.6 is 0 Å². The highest BCUT2D eigenvalue weighted by Crippen LogP contribution is 2.43. The summed E-state index contributed by atoms with van der Waals surface area (Å²) in [6, 6.07) is -8.33. The van der Waals surface area contributed by atoms with Gasteiger partial charge in [0.05, 0.1) is 78.3 Å². The fourth-order valence-electron chi connectivity index (χ4n) is 18.6. The second-order valence-corrected chi connectivity index (χ2v) is 36.6. The van der Waals surface area contributed by atoms with Gasteiger partial charge in [-0.2, -0.15) is 0 Å². The Kier molecular flexibility index (Phi) is 41.8. The smallest absolute Gasteiger partial charge is 0.217 e. The van der Waals surface area contributed by atoms with Crippen molar-refractivity contribution in [1.82, 2.24) is 21.3 Å². The van der Waals surface area contributed by atoms with E-state index in [2.05, 4.69) is 21.3 Å². The first-order valence-electron chi connectivity index (χ1n) is 45.9. The van der Waals surface area contributed by atoms with Crippen molar-refractivity contribution < 1.29 is 292 Å². The van der Waals surface area contributed by atoms with E-state index in [4.69, 9.17) is 109 Å². The van der Waals surface area contributed by atoms with Crippen LogP contribution in [0.2, 0.25) is 0 Å². The lowest BCUT2D eigenvalue weighted by molar-refractivity contribution is -0.411. The van der Waals surface area contributed by atoms with E-state index in [-0.39, 0.29) is 0 Å². The zero-order valence-electron chi connectivity index (χ0n) is 77.0. The van der Waals surface area contributed by atoms with E-state index in [9.17, 15) is 183 Å². The summed E-state index contributed by atoms with van der Waals surface area (Å²) in [5, 5.41) is 372. The Bertz CT molecular complexity index is 3960. The van der Waals surface area contributed by atoms with Gasteiger partial charge in [-0.3, -0.25) is 19.2 Å². The van der Waals surface area contributed by atoms with E-state index in [0.29, 0.717) is 0 Å². The van der Waals surface area contributed by atoms with Gasteiger partial charge in [0.1, 0.15) is 281 Å². The normalized spacial score (nSPS) is 50.7. The molecule has 0 aliphatic carbocycles. The molecule has 0 radical (unpaired) electrons. The Morgan fingerprint density at radius 3 is 0.930 bits per heavy atom. The Labute approximate surface area is 809 Å². The number of rotatable bonds is 36. The molecule has 60 atom stereocenters. The van der Waals surface area contributed by atoms with Crippen molar-refractivity contribution in [2.24, 2.45) is 0 Å². The molecule has 12 fully saturated rings. The highest BCUT2D eigenvalue weighted by Gasteiger charge is 2.64. The van der Waals surface area contributed by atoms with Crippen LogP contribution in [-0.2, 0) is 128 Å². The molecule has 12 rings (SSSR count). The topological polar surface area (TPSA) is 976 Å². The molecule has 63 heteroatoms. The third-order valence-corrected chi connectivity index (χ3v) is 26.6. The molecule has 63 nitrogen and oxygen atoms in total. The molecule has 0 aromatic heterocycles. The summed E-state index contributed by atoms with van der Waals surface area (Å²) in [5.41, 5.74) is 0. The molecule has 0 aromatic rings. The molecule has 0 unspecified atom stereocenters. The Morgan fingerprint density at radius 1 is 0.196 bits per heavy atom.